The second-order valence-corrected chi connectivity index (χ2v) is 8.56. The van der Waals surface area contributed by atoms with E-state index in [1.54, 1.807) is 11.3 Å². The summed E-state index contributed by atoms with van der Waals surface area (Å²) >= 11 is 1.69. The van der Waals surface area contributed by atoms with Crippen LogP contribution in [0.1, 0.15) is 12.8 Å². The van der Waals surface area contributed by atoms with E-state index in [0.29, 0.717) is 0 Å². The first kappa shape index (κ1) is 18.0. The lowest BCUT2D eigenvalue weighted by Gasteiger charge is -2.36. The molecule has 0 radical (unpaired) electrons. The second-order valence-electron chi connectivity index (χ2n) is 7.78. The molecule has 6 heteroatoms. The molecule has 4 heterocycles. The smallest absolute Gasteiger partial charge is 0.162 e. The van der Waals surface area contributed by atoms with Gasteiger partial charge in [-0.15, -0.1) is 0 Å². The van der Waals surface area contributed by atoms with E-state index < -0.39 is 0 Å². The zero-order valence-electron chi connectivity index (χ0n) is 16.3. The molecular formula is C22H27N5S. The molecular weight excluding hydrogens is 366 g/mol. The molecule has 5 nitrogen and oxygen atoms in total. The molecule has 146 valence electrons. The molecule has 0 aliphatic carbocycles. The molecule has 0 bridgehead atoms. The van der Waals surface area contributed by atoms with Crippen molar-refractivity contribution in [1.29, 1.82) is 0 Å². The highest BCUT2D eigenvalue weighted by Crippen LogP contribution is 2.29. The number of benzene rings is 1. The fourth-order valence-corrected chi connectivity index (χ4v) is 4.93. The van der Waals surface area contributed by atoms with Crippen LogP contribution in [0.25, 0.3) is 22.3 Å². The van der Waals surface area contributed by atoms with E-state index in [9.17, 15) is 0 Å². The number of anilines is 1. The average molecular weight is 394 g/mol. The zero-order valence-corrected chi connectivity index (χ0v) is 17.1. The van der Waals surface area contributed by atoms with Gasteiger partial charge in [-0.2, -0.15) is 11.3 Å². The van der Waals surface area contributed by atoms with Crippen LogP contribution < -0.4 is 4.90 Å². The fourth-order valence-electron chi connectivity index (χ4n) is 4.29. The first-order chi connectivity index (χ1) is 13.9. The molecule has 0 amide bonds. The highest BCUT2D eigenvalue weighted by atomic mass is 32.1. The summed E-state index contributed by atoms with van der Waals surface area (Å²) in [5.74, 6) is 1.93. The van der Waals surface area contributed by atoms with Gasteiger partial charge in [-0.25, -0.2) is 9.97 Å². The summed E-state index contributed by atoms with van der Waals surface area (Å²) in [6.45, 7) is 9.28. The molecule has 0 N–H and O–H groups in total. The van der Waals surface area contributed by atoms with Gasteiger partial charge in [0.2, 0.25) is 0 Å². The fraction of sp³-hybridized carbons (Fsp3) is 0.455. The number of rotatable bonds is 5. The first-order valence-electron chi connectivity index (χ1n) is 10.4. The molecule has 3 aromatic rings. The number of para-hydroxylation sites is 1. The van der Waals surface area contributed by atoms with Gasteiger partial charge in [0, 0.05) is 55.6 Å². The molecule has 0 unspecified atom stereocenters. The lowest BCUT2D eigenvalue weighted by molar-refractivity contribution is 0.215. The average Bonchev–Trinajstić information content (AvgIpc) is 3.46. The van der Waals surface area contributed by atoms with Crippen molar-refractivity contribution in [1.82, 2.24) is 19.8 Å². The second kappa shape index (κ2) is 8.15. The zero-order chi connectivity index (χ0) is 18.8. The third kappa shape index (κ3) is 3.77. The molecule has 2 saturated heterocycles. The van der Waals surface area contributed by atoms with Gasteiger partial charge in [0.05, 0.1) is 5.52 Å². The Bertz CT molecular complexity index is 912. The molecule has 2 aliphatic heterocycles. The van der Waals surface area contributed by atoms with Gasteiger partial charge >= 0.3 is 0 Å². The summed E-state index contributed by atoms with van der Waals surface area (Å²) in [4.78, 5) is 17.5. The van der Waals surface area contributed by atoms with E-state index in [1.807, 2.05) is 0 Å². The van der Waals surface area contributed by atoms with E-state index in [1.165, 1.54) is 39.0 Å². The number of likely N-dealkylation sites (tertiary alicyclic amines) is 1. The van der Waals surface area contributed by atoms with Crippen LogP contribution in [0.5, 0.6) is 0 Å². The number of nitrogens with zero attached hydrogens (tertiary/aromatic N) is 5. The Labute approximate surface area is 170 Å². The lowest BCUT2D eigenvalue weighted by Crippen LogP contribution is -2.48. The van der Waals surface area contributed by atoms with Crippen molar-refractivity contribution < 1.29 is 0 Å². The highest BCUT2D eigenvalue weighted by molar-refractivity contribution is 7.08. The number of hydrogen-bond donors (Lipinski definition) is 0. The van der Waals surface area contributed by atoms with Crippen LogP contribution in [-0.4, -0.2) is 72.1 Å². The van der Waals surface area contributed by atoms with Gasteiger partial charge in [0.25, 0.3) is 0 Å². The van der Waals surface area contributed by atoms with Gasteiger partial charge in [-0.1, -0.05) is 12.1 Å². The van der Waals surface area contributed by atoms with Crippen LogP contribution in [0.2, 0.25) is 0 Å². The standard InChI is InChI=1S/C22H27N5S/c1-2-6-20-19(5-1)22(24-21(23-20)18-7-16-28-17-18)27-14-12-26(13-15-27)11-10-25-8-3-4-9-25/h1-2,5-7,16-17H,3-4,8-15H2. The summed E-state index contributed by atoms with van der Waals surface area (Å²) in [5, 5.41) is 5.38. The molecule has 2 aromatic heterocycles. The molecule has 0 atom stereocenters. The Morgan fingerprint density at radius 1 is 0.821 bits per heavy atom. The normalized spacial score (nSPS) is 18.9. The molecule has 0 saturated carbocycles. The SMILES string of the molecule is c1ccc2c(N3CCN(CCN4CCCC4)CC3)nc(-c3ccsc3)nc2c1. The van der Waals surface area contributed by atoms with Crippen LogP contribution in [0.4, 0.5) is 5.82 Å². The molecule has 0 spiro atoms. The van der Waals surface area contributed by atoms with Gasteiger partial charge in [0.15, 0.2) is 5.82 Å². The maximum atomic E-state index is 5.00. The maximum absolute atomic E-state index is 5.00. The van der Waals surface area contributed by atoms with Crippen molar-refractivity contribution in [2.75, 3.05) is 57.3 Å². The van der Waals surface area contributed by atoms with Crippen LogP contribution in [-0.2, 0) is 0 Å². The predicted octanol–water partition coefficient (Wildman–Crippen LogP) is 3.58. The van der Waals surface area contributed by atoms with Gasteiger partial charge < -0.3 is 9.80 Å². The van der Waals surface area contributed by atoms with Gasteiger partial charge in [0.1, 0.15) is 5.82 Å². The molecule has 1 aromatic carbocycles. The largest absolute Gasteiger partial charge is 0.353 e. The van der Waals surface area contributed by atoms with Crippen LogP contribution >= 0.6 is 11.3 Å². The summed E-state index contributed by atoms with van der Waals surface area (Å²) in [5.41, 5.74) is 2.14. The summed E-state index contributed by atoms with van der Waals surface area (Å²) < 4.78 is 0. The summed E-state index contributed by atoms with van der Waals surface area (Å²) in [6.07, 6.45) is 2.75. The van der Waals surface area contributed by atoms with Crippen LogP contribution in [0.15, 0.2) is 41.1 Å². The van der Waals surface area contributed by atoms with Gasteiger partial charge in [-0.3, -0.25) is 4.90 Å². The molecule has 2 aliphatic rings. The Morgan fingerprint density at radius 2 is 1.57 bits per heavy atom. The Hall–Kier alpha value is -2.02. The predicted molar refractivity (Wildman–Crippen MR) is 117 cm³/mol. The van der Waals surface area contributed by atoms with Crippen molar-refractivity contribution in [3.63, 3.8) is 0 Å². The van der Waals surface area contributed by atoms with E-state index in [2.05, 4.69) is 55.8 Å². The van der Waals surface area contributed by atoms with Crippen molar-refractivity contribution in [2.45, 2.75) is 12.8 Å². The minimum Gasteiger partial charge on any atom is -0.353 e. The molecule has 28 heavy (non-hydrogen) atoms. The Morgan fingerprint density at radius 3 is 2.32 bits per heavy atom. The third-order valence-corrected chi connectivity index (χ3v) is 6.65. The lowest BCUT2D eigenvalue weighted by atomic mass is 10.2. The monoisotopic (exact) mass is 393 g/mol. The minimum absolute atomic E-state index is 0.839. The van der Waals surface area contributed by atoms with Crippen LogP contribution in [0.3, 0.4) is 0 Å². The topological polar surface area (TPSA) is 35.5 Å². The highest BCUT2D eigenvalue weighted by Gasteiger charge is 2.22. The van der Waals surface area contributed by atoms with E-state index in [-0.39, 0.29) is 0 Å². The Kier molecular flexibility index (Phi) is 5.25. The Balaban J connectivity index is 1.33. The molecule has 5 rings (SSSR count). The first-order valence-corrected chi connectivity index (χ1v) is 11.3. The number of fused-ring (bicyclic) bond motifs is 1. The van der Waals surface area contributed by atoms with E-state index >= 15 is 0 Å². The summed E-state index contributed by atoms with van der Waals surface area (Å²) in [7, 11) is 0. The number of thiophene rings is 1. The van der Waals surface area contributed by atoms with Crippen molar-refractivity contribution in [3.05, 3.63) is 41.1 Å². The van der Waals surface area contributed by atoms with Crippen LogP contribution in [0, 0.1) is 0 Å². The quantitative estimate of drug-likeness (QED) is 0.662. The summed E-state index contributed by atoms with van der Waals surface area (Å²) in [6, 6.07) is 10.5. The third-order valence-electron chi connectivity index (χ3n) is 5.97. The number of hydrogen-bond acceptors (Lipinski definition) is 6. The van der Waals surface area contributed by atoms with Crippen molar-refractivity contribution in [2.24, 2.45) is 0 Å². The maximum Gasteiger partial charge on any atom is 0.162 e. The minimum atomic E-state index is 0.839. The van der Waals surface area contributed by atoms with Crippen molar-refractivity contribution in [3.8, 4) is 11.4 Å². The van der Waals surface area contributed by atoms with Crippen molar-refractivity contribution >= 4 is 28.1 Å². The van der Waals surface area contributed by atoms with Gasteiger partial charge in [-0.05, 0) is 49.5 Å². The number of piperazine rings is 1. The van der Waals surface area contributed by atoms with E-state index in [0.717, 1.165) is 54.3 Å². The number of aromatic nitrogens is 2. The van der Waals surface area contributed by atoms with E-state index in [4.69, 9.17) is 9.97 Å². The molecule has 2 fully saturated rings.